The Morgan fingerprint density at radius 3 is 2.47 bits per heavy atom. The number of pyridine rings is 2. The Labute approximate surface area is 174 Å². The van der Waals surface area contributed by atoms with Crippen LogP contribution >= 0.6 is 0 Å². The van der Waals surface area contributed by atoms with Crippen LogP contribution in [0.15, 0.2) is 47.5 Å². The average molecular weight is 401 g/mol. The molecule has 0 bridgehead atoms. The van der Waals surface area contributed by atoms with E-state index in [2.05, 4.69) is 30.4 Å². The van der Waals surface area contributed by atoms with Crippen LogP contribution in [0, 0.1) is 27.7 Å². The number of nitrogens with one attached hydrogen (secondary N) is 2. The van der Waals surface area contributed by atoms with Gasteiger partial charge in [-0.25, -0.2) is 19.6 Å². The third-order valence-electron chi connectivity index (χ3n) is 4.94. The third kappa shape index (κ3) is 3.98. The van der Waals surface area contributed by atoms with Crippen molar-refractivity contribution in [2.24, 2.45) is 0 Å². The van der Waals surface area contributed by atoms with Crippen molar-refractivity contribution < 1.29 is 0 Å². The standard InChI is InChI=1S/C22H23N7O/c1-13-9-14(2)29(28-13)20-8-5-17(11-25-20)10-23-19-7-6-18(12-24-19)21-26-16(4)15(3)22(30)27-21/h5-9,11-12H,10H2,1-4H3,(H,23,24)(H,26,27,30). The zero-order chi connectivity index (χ0) is 21.3. The number of aryl methyl sites for hydroxylation is 3. The first-order valence-corrected chi connectivity index (χ1v) is 9.67. The summed E-state index contributed by atoms with van der Waals surface area (Å²) in [7, 11) is 0. The van der Waals surface area contributed by atoms with Gasteiger partial charge >= 0.3 is 0 Å². The van der Waals surface area contributed by atoms with Crippen molar-refractivity contribution in [3.05, 3.63) is 81.3 Å². The van der Waals surface area contributed by atoms with Gasteiger partial charge in [0.05, 0.1) is 5.69 Å². The quantitative estimate of drug-likeness (QED) is 0.532. The van der Waals surface area contributed by atoms with Gasteiger partial charge in [-0.2, -0.15) is 5.10 Å². The second kappa shape index (κ2) is 7.90. The summed E-state index contributed by atoms with van der Waals surface area (Å²) in [5, 5.41) is 7.73. The van der Waals surface area contributed by atoms with Crippen molar-refractivity contribution in [1.82, 2.24) is 29.7 Å². The lowest BCUT2D eigenvalue weighted by Gasteiger charge is -2.08. The van der Waals surface area contributed by atoms with Crippen molar-refractivity contribution in [3.63, 3.8) is 0 Å². The number of anilines is 1. The van der Waals surface area contributed by atoms with Crippen LogP contribution < -0.4 is 10.9 Å². The van der Waals surface area contributed by atoms with Crippen molar-refractivity contribution in [1.29, 1.82) is 0 Å². The molecule has 4 rings (SSSR count). The number of aromatic amines is 1. The average Bonchev–Trinajstić information content (AvgIpc) is 3.09. The molecule has 0 saturated carbocycles. The highest BCUT2D eigenvalue weighted by molar-refractivity contribution is 5.56. The van der Waals surface area contributed by atoms with Crippen LogP contribution in [0.2, 0.25) is 0 Å². The highest BCUT2D eigenvalue weighted by Gasteiger charge is 2.07. The predicted molar refractivity (Wildman–Crippen MR) is 116 cm³/mol. The van der Waals surface area contributed by atoms with Crippen LogP contribution in [0.4, 0.5) is 5.82 Å². The van der Waals surface area contributed by atoms with E-state index in [0.717, 1.165) is 34.2 Å². The summed E-state index contributed by atoms with van der Waals surface area (Å²) in [6.45, 7) is 8.15. The first kappa shape index (κ1) is 19.5. The molecule has 0 aliphatic heterocycles. The van der Waals surface area contributed by atoms with E-state index in [9.17, 15) is 4.79 Å². The summed E-state index contributed by atoms with van der Waals surface area (Å²) in [5.41, 5.74) is 5.03. The molecule has 0 atom stereocenters. The maximum atomic E-state index is 12.0. The Kier molecular flexibility index (Phi) is 5.14. The van der Waals surface area contributed by atoms with E-state index >= 15 is 0 Å². The molecule has 2 N–H and O–H groups in total. The second-order valence-corrected chi connectivity index (χ2v) is 7.27. The Balaban J connectivity index is 1.43. The first-order valence-electron chi connectivity index (χ1n) is 9.67. The molecule has 0 fully saturated rings. The lowest BCUT2D eigenvalue weighted by Crippen LogP contribution is -2.14. The van der Waals surface area contributed by atoms with Crippen molar-refractivity contribution in [3.8, 4) is 17.2 Å². The molecular formula is C22H23N7O. The van der Waals surface area contributed by atoms with Crippen LogP contribution in [-0.4, -0.2) is 29.7 Å². The Morgan fingerprint density at radius 1 is 1.03 bits per heavy atom. The fourth-order valence-electron chi connectivity index (χ4n) is 3.12. The summed E-state index contributed by atoms with van der Waals surface area (Å²) in [5.74, 6) is 2.04. The van der Waals surface area contributed by atoms with Crippen LogP contribution in [0.5, 0.6) is 0 Å². The van der Waals surface area contributed by atoms with E-state index in [-0.39, 0.29) is 5.56 Å². The fourth-order valence-corrected chi connectivity index (χ4v) is 3.12. The maximum absolute atomic E-state index is 12.0. The molecular weight excluding hydrogens is 378 g/mol. The van der Waals surface area contributed by atoms with Gasteiger partial charge in [-0.05, 0) is 57.5 Å². The van der Waals surface area contributed by atoms with Crippen molar-refractivity contribution in [2.45, 2.75) is 34.2 Å². The van der Waals surface area contributed by atoms with Crippen LogP contribution in [-0.2, 0) is 6.54 Å². The zero-order valence-corrected chi connectivity index (χ0v) is 17.4. The van der Waals surface area contributed by atoms with Gasteiger partial charge in [0.2, 0.25) is 0 Å². The van der Waals surface area contributed by atoms with E-state index in [1.165, 1.54) is 0 Å². The molecule has 8 heteroatoms. The van der Waals surface area contributed by atoms with Gasteiger partial charge in [0.25, 0.3) is 5.56 Å². The van der Waals surface area contributed by atoms with E-state index < -0.39 is 0 Å². The van der Waals surface area contributed by atoms with Gasteiger partial charge in [0.15, 0.2) is 5.82 Å². The molecule has 0 unspecified atom stereocenters. The number of hydrogen-bond donors (Lipinski definition) is 2. The number of H-pyrrole nitrogens is 1. The molecule has 0 radical (unpaired) electrons. The highest BCUT2D eigenvalue weighted by Crippen LogP contribution is 2.16. The van der Waals surface area contributed by atoms with Crippen molar-refractivity contribution in [2.75, 3.05) is 5.32 Å². The molecule has 0 amide bonds. The Bertz CT molecular complexity index is 1240. The molecule has 0 aliphatic rings. The van der Waals surface area contributed by atoms with E-state index in [1.54, 1.807) is 13.1 Å². The summed E-state index contributed by atoms with van der Waals surface area (Å²) >= 11 is 0. The zero-order valence-electron chi connectivity index (χ0n) is 17.4. The number of rotatable bonds is 5. The third-order valence-corrected chi connectivity index (χ3v) is 4.94. The number of aromatic nitrogens is 6. The monoisotopic (exact) mass is 401 g/mol. The minimum atomic E-state index is -0.129. The summed E-state index contributed by atoms with van der Waals surface area (Å²) in [6, 6.07) is 9.74. The van der Waals surface area contributed by atoms with Gasteiger partial charge in [-0.3, -0.25) is 4.79 Å². The molecule has 0 saturated heterocycles. The van der Waals surface area contributed by atoms with Gasteiger partial charge in [-0.15, -0.1) is 0 Å². The van der Waals surface area contributed by atoms with E-state index in [0.29, 0.717) is 23.6 Å². The second-order valence-electron chi connectivity index (χ2n) is 7.27. The topological polar surface area (TPSA) is 101 Å². The predicted octanol–water partition coefficient (Wildman–Crippen LogP) is 3.26. The van der Waals surface area contributed by atoms with Crippen molar-refractivity contribution >= 4 is 5.82 Å². The normalized spacial score (nSPS) is 10.9. The largest absolute Gasteiger partial charge is 0.366 e. The molecule has 0 aliphatic carbocycles. The molecule has 0 spiro atoms. The highest BCUT2D eigenvalue weighted by atomic mass is 16.1. The molecule has 0 aromatic carbocycles. The van der Waals surface area contributed by atoms with Crippen LogP contribution in [0.25, 0.3) is 17.2 Å². The summed E-state index contributed by atoms with van der Waals surface area (Å²) in [4.78, 5) is 28.1. The lowest BCUT2D eigenvalue weighted by molar-refractivity contribution is 0.804. The smallest absolute Gasteiger partial charge is 0.254 e. The first-order chi connectivity index (χ1) is 14.4. The van der Waals surface area contributed by atoms with Gasteiger partial charge < -0.3 is 10.3 Å². The molecule has 152 valence electrons. The molecule has 8 nitrogen and oxygen atoms in total. The molecule has 4 aromatic rings. The number of nitrogens with zero attached hydrogens (tertiary/aromatic N) is 5. The minimum Gasteiger partial charge on any atom is -0.366 e. The summed E-state index contributed by atoms with van der Waals surface area (Å²) < 4.78 is 1.83. The fraction of sp³-hybridized carbons (Fsp3) is 0.227. The SMILES string of the molecule is Cc1cc(C)n(-c2ccc(CNc3ccc(-c4nc(C)c(C)c(=O)[nH]4)cn3)cn2)n1. The Hall–Kier alpha value is -3.81. The Morgan fingerprint density at radius 2 is 1.87 bits per heavy atom. The number of hydrogen-bond acceptors (Lipinski definition) is 6. The minimum absolute atomic E-state index is 0.129. The van der Waals surface area contributed by atoms with Gasteiger partial charge in [0.1, 0.15) is 11.6 Å². The van der Waals surface area contributed by atoms with E-state index in [4.69, 9.17) is 0 Å². The molecule has 30 heavy (non-hydrogen) atoms. The van der Waals surface area contributed by atoms with E-state index in [1.807, 2.05) is 62.0 Å². The van der Waals surface area contributed by atoms with Crippen LogP contribution in [0.3, 0.4) is 0 Å². The summed E-state index contributed by atoms with van der Waals surface area (Å²) in [6.07, 6.45) is 3.52. The molecule has 4 aromatic heterocycles. The van der Waals surface area contributed by atoms with Crippen LogP contribution in [0.1, 0.15) is 28.2 Å². The van der Waals surface area contributed by atoms with Gasteiger partial charge in [0, 0.05) is 41.5 Å². The molecule has 4 heterocycles. The lowest BCUT2D eigenvalue weighted by atomic mass is 10.2. The maximum Gasteiger partial charge on any atom is 0.254 e. The van der Waals surface area contributed by atoms with Gasteiger partial charge in [-0.1, -0.05) is 6.07 Å².